The molecule has 5 heteroatoms. The standard InChI is InChI=1S/C18H22BrClN2O/c19-18-6-13-3-14(7-18)5-17(4-13,11-18)8-16(23)22-10-12-1-2-15(20)21-9-12/h1-2,9,13-14H,3-8,10-11H2,(H,22,23). The number of nitrogens with one attached hydrogen (secondary N) is 1. The number of amides is 1. The van der Waals surface area contributed by atoms with Crippen LogP contribution in [0.25, 0.3) is 0 Å². The normalized spacial score (nSPS) is 37.8. The second-order valence-electron chi connectivity index (χ2n) is 8.05. The third-order valence-corrected chi connectivity index (χ3v) is 7.08. The van der Waals surface area contributed by atoms with E-state index >= 15 is 0 Å². The number of aromatic nitrogens is 1. The van der Waals surface area contributed by atoms with Crippen molar-refractivity contribution in [3.8, 4) is 0 Å². The van der Waals surface area contributed by atoms with Gasteiger partial charge in [-0.05, 0) is 67.4 Å². The summed E-state index contributed by atoms with van der Waals surface area (Å²) in [4.78, 5) is 16.6. The van der Waals surface area contributed by atoms with Crippen molar-refractivity contribution in [2.75, 3.05) is 0 Å². The molecule has 4 aliphatic carbocycles. The van der Waals surface area contributed by atoms with Crippen LogP contribution in [0.5, 0.6) is 0 Å². The Kier molecular flexibility index (Phi) is 3.96. The molecule has 1 amide bonds. The number of hydrogen-bond donors (Lipinski definition) is 1. The van der Waals surface area contributed by atoms with E-state index in [1.54, 1.807) is 12.3 Å². The SMILES string of the molecule is O=C(CC12CC3CC(CC(Br)(C3)C1)C2)NCc1ccc(Cl)nc1. The molecule has 4 saturated carbocycles. The fourth-order valence-corrected chi connectivity index (χ4v) is 7.28. The Morgan fingerprint density at radius 3 is 2.65 bits per heavy atom. The van der Waals surface area contributed by atoms with E-state index in [0.29, 0.717) is 22.4 Å². The van der Waals surface area contributed by atoms with E-state index in [1.165, 1.54) is 38.5 Å². The number of hydrogen-bond acceptors (Lipinski definition) is 2. The highest BCUT2D eigenvalue weighted by Crippen LogP contribution is 2.65. The van der Waals surface area contributed by atoms with E-state index in [4.69, 9.17) is 11.6 Å². The van der Waals surface area contributed by atoms with Crippen molar-refractivity contribution in [2.24, 2.45) is 17.3 Å². The summed E-state index contributed by atoms with van der Waals surface area (Å²) in [6, 6.07) is 3.67. The number of halogens is 2. The first-order valence-electron chi connectivity index (χ1n) is 8.50. The molecule has 124 valence electrons. The number of alkyl halides is 1. The van der Waals surface area contributed by atoms with Gasteiger partial charge in [0, 0.05) is 23.5 Å². The molecule has 1 heterocycles. The third-order valence-electron chi connectivity index (χ3n) is 5.92. The van der Waals surface area contributed by atoms with Gasteiger partial charge in [0.2, 0.25) is 5.91 Å². The van der Waals surface area contributed by atoms with E-state index in [0.717, 1.165) is 17.4 Å². The molecule has 3 nitrogen and oxygen atoms in total. The lowest BCUT2D eigenvalue weighted by Gasteiger charge is -2.60. The van der Waals surface area contributed by atoms with Crippen molar-refractivity contribution in [3.63, 3.8) is 0 Å². The molecule has 0 aromatic carbocycles. The molecule has 2 atom stereocenters. The first-order chi connectivity index (χ1) is 10.9. The van der Waals surface area contributed by atoms with Gasteiger partial charge in [0.1, 0.15) is 5.15 Å². The summed E-state index contributed by atoms with van der Waals surface area (Å²) in [7, 11) is 0. The Labute approximate surface area is 150 Å². The smallest absolute Gasteiger partial charge is 0.220 e. The van der Waals surface area contributed by atoms with E-state index in [9.17, 15) is 4.79 Å². The number of nitrogens with zero attached hydrogens (tertiary/aromatic N) is 1. The van der Waals surface area contributed by atoms with Crippen molar-refractivity contribution in [2.45, 2.75) is 55.8 Å². The van der Waals surface area contributed by atoms with E-state index in [1.807, 2.05) is 6.07 Å². The highest BCUT2D eigenvalue weighted by atomic mass is 79.9. The molecular weight excluding hydrogens is 376 g/mol. The van der Waals surface area contributed by atoms with Crippen molar-refractivity contribution >= 4 is 33.4 Å². The minimum Gasteiger partial charge on any atom is -0.352 e. The van der Waals surface area contributed by atoms with Crippen LogP contribution in [0.4, 0.5) is 0 Å². The lowest BCUT2D eigenvalue weighted by Crippen LogP contribution is -2.54. The van der Waals surface area contributed by atoms with Gasteiger partial charge in [0.15, 0.2) is 0 Å². The van der Waals surface area contributed by atoms with Crippen molar-refractivity contribution < 1.29 is 4.79 Å². The summed E-state index contributed by atoms with van der Waals surface area (Å²) in [5.74, 6) is 1.82. The fourth-order valence-electron chi connectivity index (χ4n) is 5.66. The van der Waals surface area contributed by atoms with E-state index < -0.39 is 0 Å². The van der Waals surface area contributed by atoms with Gasteiger partial charge in [-0.1, -0.05) is 33.6 Å². The molecule has 1 N–H and O–H groups in total. The predicted octanol–water partition coefficient (Wildman–Crippen LogP) is 4.48. The van der Waals surface area contributed by atoms with Gasteiger partial charge in [0.25, 0.3) is 0 Å². The maximum atomic E-state index is 12.5. The largest absolute Gasteiger partial charge is 0.352 e. The number of carbonyl (C=O) groups excluding carboxylic acids is 1. The highest BCUT2D eigenvalue weighted by molar-refractivity contribution is 9.10. The molecule has 2 unspecified atom stereocenters. The summed E-state index contributed by atoms with van der Waals surface area (Å²) in [5.41, 5.74) is 1.22. The van der Waals surface area contributed by atoms with Crippen LogP contribution in [-0.2, 0) is 11.3 Å². The van der Waals surface area contributed by atoms with E-state index in [-0.39, 0.29) is 11.3 Å². The Balaban J connectivity index is 1.38. The zero-order chi connectivity index (χ0) is 16.1. The molecule has 23 heavy (non-hydrogen) atoms. The molecule has 4 bridgehead atoms. The van der Waals surface area contributed by atoms with Crippen molar-refractivity contribution in [1.82, 2.24) is 10.3 Å². The Morgan fingerprint density at radius 1 is 1.30 bits per heavy atom. The Bertz CT molecular complexity index is 604. The Morgan fingerprint density at radius 2 is 2.04 bits per heavy atom. The molecular formula is C18H22BrClN2O. The zero-order valence-corrected chi connectivity index (χ0v) is 15.5. The number of pyridine rings is 1. The van der Waals surface area contributed by atoms with Gasteiger partial charge >= 0.3 is 0 Å². The quantitative estimate of drug-likeness (QED) is 0.601. The topological polar surface area (TPSA) is 42.0 Å². The molecule has 0 aliphatic heterocycles. The Hall–Kier alpha value is -0.610. The monoisotopic (exact) mass is 396 g/mol. The van der Waals surface area contributed by atoms with Crippen LogP contribution in [0.15, 0.2) is 18.3 Å². The average Bonchev–Trinajstić information content (AvgIpc) is 2.43. The molecule has 1 aromatic rings. The lowest BCUT2D eigenvalue weighted by atomic mass is 9.48. The maximum Gasteiger partial charge on any atom is 0.220 e. The van der Waals surface area contributed by atoms with Crippen LogP contribution in [0.1, 0.15) is 50.5 Å². The highest BCUT2D eigenvalue weighted by Gasteiger charge is 2.57. The molecule has 4 aliphatic rings. The molecule has 0 spiro atoms. The second kappa shape index (κ2) is 5.73. The van der Waals surface area contributed by atoms with Gasteiger partial charge in [-0.3, -0.25) is 4.79 Å². The van der Waals surface area contributed by atoms with Crippen LogP contribution in [0.3, 0.4) is 0 Å². The molecule has 0 saturated heterocycles. The van der Waals surface area contributed by atoms with Crippen LogP contribution < -0.4 is 5.32 Å². The van der Waals surface area contributed by atoms with Crippen molar-refractivity contribution in [1.29, 1.82) is 0 Å². The second-order valence-corrected chi connectivity index (χ2v) is 10.1. The molecule has 1 aromatic heterocycles. The predicted molar refractivity (Wildman–Crippen MR) is 94.5 cm³/mol. The van der Waals surface area contributed by atoms with Gasteiger partial charge < -0.3 is 5.32 Å². The fraction of sp³-hybridized carbons (Fsp3) is 0.667. The minimum absolute atomic E-state index is 0.179. The summed E-state index contributed by atoms with van der Waals surface area (Å²) in [6.07, 6.45) is 10.1. The molecule has 4 fully saturated rings. The van der Waals surface area contributed by atoms with Crippen LogP contribution >= 0.6 is 27.5 Å². The first-order valence-corrected chi connectivity index (χ1v) is 9.67. The summed E-state index contributed by atoms with van der Waals surface area (Å²) in [5, 5.41) is 3.55. The van der Waals surface area contributed by atoms with Gasteiger partial charge in [-0.15, -0.1) is 0 Å². The van der Waals surface area contributed by atoms with Gasteiger partial charge in [-0.2, -0.15) is 0 Å². The molecule has 5 rings (SSSR count). The van der Waals surface area contributed by atoms with Crippen LogP contribution in [0, 0.1) is 17.3 Å². The number of rotatable bonds is 4. The van der Waals surface area contributed by atoms with Gasteiger partial charge in [-0.25, -0.2) is 4.98 Å². The van der Waals surface area contributed by atoms with Crippen LogP contribution in [0.2, 0.25) is 5.15 Å². The summed E-state index contributed by atoms with van der Waals surface area (Å²) >= 11 is 9.80. The van der Waals surface area contributed by atoms with Crippen molar-refractivity contribution in [3.05, 3.63) is 29.0 Å². The third kappa shape index (κ3) is 3.30. The minimum atomic E-state index is 0.179. The maximum absolute atomic E-state index is 12.5. The van der Waals surface area contributed by atoms with Gasteiger partial charge in [0.05, 0.1) is 0 Å². The average molecular weight is 398 g/mol. The molecule has 0 radical (unpaired) electrons. The first kappa shape index (κ1) is 15.9. The summed E-state index contributed by atoms with van der Waals surface area (Å²) < 4.78 is 0.317. The summed E-state index contributed by atoms with van der Waals surface area (Å²) in [6.45, 7) is 0.533. The lowest BCUT2D eigenvalue weighted by molar-refractivity contribution is -0.128. The van der Waals surface area contributed by atoms with E-state index in [2.05, 4.69) is 26.2 Å². The zero-order valence-electron chi connectivity index (χ0n) is 13.2. The number of carbonyl (C=O) groups is 1. The van der Waals surface area contributed by atoms with Crippen LogP contribution in [-0.4, -0.2) is 15.2 Å².